The van der Waals surface area contributed by atoms with E-state index in [-0.39, 0.29) is 18.5 Å². The molecule has 0 saturated heterocycles. The van der Waals surface area contributed by atoms with Gasteiger partial charge in [0.1, 0.15) is 24.2 Å². The summed E-state index contributed by atoms with van der Waals surface area (Å²) in [6.07, 6.45) is 1.49. The van der Waals surface area contributed by atoms with E-state index in [9.17, 15) is 4.79 Å². The van der Waals surface area contributed by atoms with Crippen molar-refractivity contribution in [3.63, 3.8) is 0 Å². The Hall–Kier alpha value is -3.07. The van der Waals surface area contributed by atoms with Crippen molar-refractivity contribution in [1.29, 1.82) is 5.26 Å². The molecule has 130 valence electrons. The van der Waals surface area contributed by atoms with Crippen LogP contribution in [0.25, 0.3) is 0 Å². The fourth-order valence-electron chi connectivity index (χ4n) is 2.19. The molecule has 1 atom stereocenters. The van der Waals surface area contributed by atoms with Gasteiger partial charge in [0, 0.05) is 13.2 Å². The van der Waals surface area contributed by atoms with Crippen molar-refractivity contribution in [3.05, 3.63) is 53.7 Å². The zero-order chi connectivity index (χ0) is 18.2. The zero-order valence-electron chi connectivity index (χ0n) is 14.7. The number of likely N-dealkylation sites (N-methyl/N-ethyl adjacent to an activating group) is 1. The van der Waals surface area contributed by atoms with Crippen LogP contribution in [0.3, 0.4) is 0 Å². The molecule has 0 aliphatic carbocycles. The number of aromatic nitrogens is 1. The molecule has 1 aromatic heterocycles. The van der Waals surface area contributed by atoms with Crippen molar-refractivity contribution in [1.82, 2.24) is 10.3 Å². The van der Waals surface area contributed by atoms with E-state index < -0.39 is 0 Å². The van der Waals surface area contributed by atoms with Gasteiger partial charge in [-0.1, -0.05) is 17.7 Å². The summed E-state index contributed by atoms with van der Waals surface area (Å²) in [6.45, 7) is 4.49. The maximum Gasteiger partial charge on any atom is 0.239 e. The standard InChI is InChI=1S/C19H22N4O2/c1-14-4-7-17(8-5-14)25-13-15(2)22-19(24)12-23(3)18-9-6-16(10-20)11-21-18/h4-9,11,15H,12-13H2,1-3H3,(H,22,24)/t15-/m1/s1. The molecule has 0 bridgehead atoms. The average molecular weight is 338 g/mol. The lowest BCUT2D eigenvalue weighted by Crippen LogP contribution is -2.42. The van der Waals surface area contributed by atoms with Crippen LogP contribution in [0.4, 0.5) is 5.82 Å². The second-order valence-corrected chi connectivity index (χ2v) is 5.97. The number of aryl methyl sites for hydroxylation is 1. The van der Waals surface area contributed by atoms with Crippen molar-refractivity contribution >= 4 is 11.7 Å². The van der Waals surface area contributed by atoms with Crippen molar-refractivity contribution in [2.24, 2.45) is 0 Å². The van der Waals surface area contributed by atoms with Crippen LogP contribution in [-0.4, -0.2) is 37.1 Å². The first-order valence-corrected chi connectivity index (χ1v) is 8.04. The third-order valence-corrected chi connectivity index (χ3v) is 3.58. The molecule has 1 aromatic carbocycles. The Kier molecular flexibility index (Phi) is 6.35. The number of hydrogen-bond acceptors (Lipinski definition) is 5. The first kappa shape index (κ1) is 18.3. The molecule has 6 nitrogen and oxygen atoms in total. The summed E-state index contributed by atoms with van der Waals surface area (Å²) >= 11 is 0. The average Bonchev–Trinajstić information content (AvgIpc) is 2.61. The molecule has 0 radical (unpaired) electrons. The van der Waals surface area contributed by atoms with Crippen LogP contribution in [-0.2, 0) is 4.79 Å². The molecular formula is C19H22N4O2. The zero-order valence-corrected chi connectivity index (χ0v) is 14.7. The molecule has 1 amide bonds. The van der Waals surface area contributed by atoms with Gasteiger partial charge < -0.3 is 15.0 Å². The van der Waals surface area contributed by atoms with E-state index in [0.717, 1.165) is 5.75 Å². The van der Waals surface area contributed by atoms with Crippen molar-refractivity contribution in [3.8, 4) is 11.8 Å². The van der Waals surface area contributed by atoms with Crippen LogP contribution in [0.2, 0.25) is 0 Å². The van der Waals surface area contributed by atoms with Gasteiger partial charge in [0.2, 0.25) is 5.91 Å². The molecule has 0 unspecified atom stereocenters. The number of hydrogen-bond donors (Lipinski definition) is 1. The maximum atomic E-state index is 12.1. The fourth-order valence-corrected chi connectivity index (χ4v) is 2.19. The van der Waals surface area contributed by atoms with E-state index in [1.165, 1.54) is 11.8 Å². The lowest BCUT2D eigenvalue weighted by atomic mass is 10.2. The molecule has 0 aliphatic rings. The van der Waals surface area contributed by atoms with E-state index in [1.54, 1.807) is 24.1 Å². The number of nitrogens with zero attached hydrogens (tertiary/aromatic N) is 3. The van der Waals surface area contributed by atoms with Crippen LogP contribution < -0.4 is 15.0 Å². The van der Waals surface area contributed by atoms with Gasteiger partial charge in [-0.3, -0.25) is 4.79 Å². The van der Waals surface area contributed by atoms with E-state index in [1.807, 2.05) is 44.2 Å². The number of carbonyl (C=O) groups is 1. The number of nitriles is 1. The Balaban J connectivity index is 1.78. The van der Waals surface area contributed by atoms with Gasteiger partial charge >= 0.3 is 0 Å². The van der Waals surface area contributed by atoms with Gasteiger partial charge in [-0.05, 0) is 38.1 Å². The van der Waals surface area contributed by atoms with E-state index in [0.29, 0.717) is 18.0 Å². The summed E-state index contributed by atoms with van der Waals surface area (Å²) in [4.78, 5) is 18.0. The van der Waals surface area contributed by atoms with Crippen LogP contribution in [0, 0.1) is 18.3 Å². The second-order valence-electron chi connectivity index (χ2n) is 5.97. The summed E-state index contributed by atoms with van der Waals surface area (Å²) in [5.41, 5.74) is 1.66. The number of amides is 1. The van der Waals surface area contributed by atoms with E-state index >= 15 is 0 Å². The van der Waals surface area contributed by atoms with E-state index in [4.69, 9.17) is 10.00 Å². The Morgan fingerprint density at radius 1 is 1.32 bits per heavy atom. The van der Waals surface area contributed by atoms with E-state index in [2.05, 4.69) is 10.3 Å². The Labute approximate surface area is 148 Å². The fraction of sp³-hybridized carbons (Fsp3) is 0.316. The molecule has 0 fully saturated rings. The lowest BCUT2D eigenvalue weighted by molar-refractivity contribution is -0.120. The normalized spacial score (nSPS) is 11.3. The highest BCUT2D eigenvalue weighted by molar-refractivity contribution is 5.81. The van der Waals surface area contributed by atoms with Crippen LogP contribution in [0.5, 0.6) is 5.75 Å². The molecular weight excluding hydrogens is 316 g/mol. The first-order valence-electron chi connectivity index (χ1n) is 8.04. The monoisotopic (exact) mass is 338 g/mol. The first-order chi connectivity index (χ1) is 12.0. The smallest absolute Gasteiger partial charge is 0.239 e. The van der Waals surface area contributed by atoms with Crippen molar-refractivity contribution < 1.29 is 9.53 Å². The van der Waals surface area contributed by atoms with Crippen molar-refractivity contribution in [2.75, 3.05) is 25.1 Å². The van der Waals surface area contributed by atoms with Gasteiger partial charge in [-0.15, -0.1) is 0 Å². The van der Waals surface area contributed by atoms with Gasteiger partial charge in [0.05, 0.1) is 18.2 Å². The summed E-state index contributed by atoms with van der Waals surface area (Å²) < 4.78 is 5.67. The highest BCUT2D eigenvalue weighted by Crippen LogP contribution is 2.12. The molecule has 0 spiro atoms. The summed E-state index contributed by atoms with van der Waals surface area (Å²) in [7, 11) is 1.78. The topological polar surface area (TPSA) is 78.2 Å². The summed E-state index contributed by atoms with van der Waals surface area (Å²) in [5.74, 6) is 1.30. The summed E-state index contributed by atoms with van der Waals surface area (Å²) in [6, 6.07) is 13.1. The Morgan fingerprint density at radius 3 is 2.64 bits per heavy atom. The molecule has 0 saturated carbocycles. The third-order valence-electron chi connectivity index (χ3n) is 3.58. The lowest BCUT2D eigenvalue weighted by Gasteiger charge is -2.20. The third kappa shape index (κ3) is 5.81. The maximum absolute atomic E-state index is 12.1. The van der Waals surface area contributed by atoms with Crippen LogP contribution in [0.1, 0.15) is 18.1 Å². The minimum atomic E-state index is -0.117. The highest BCUT2D eigenvalue weighted by Gasteiger charge is 2.12. The molecule has 25 heavy (non-hydrogen) atoms. The number of pyridine rings is 1. The highest BCUT2D eigenvalue weighted by atomic mass is 16.5. The molecule has 1 N–H and O–H groups in total. The molecule has 1 heterocycles. The second kappa shape index (κ2) is 8.69. The van der Waals surface area contributed by atoms with Crippen molar-refractivity contribution in [2.45, 2.75) is 19.9 Å². The molecule has 2 aromatic rings. The minimum absolute atomic E-state index is 0.115. The van der Waals surface area contributed by atoms with Gasteiger partial charge in [0.15, 0.2) is 0 Å². The molecule has 2 rings (SSSR count). The quantitative estimate of drug-likeness (QED) is 0.838. The molecule has 0 aliphatic heterocycles. The minimum Gasteiger partial charge on any atom is -0.491 e. The van der Waals surface area contributed by atoms with Gasteiger partial charge in [0.25, 0.3) is 0 Å². The number of anilines is 1. The van der Waals surface area contributed by atoms with Crippen LogP contribution >= 0.6 is 0 Å². The number of benzene rings is 1. The number of nitrogens with one attached hydrogen (secondary N) is 1. The SMILES string of the molecule is Cc1ccc(OC[C@@H](C)NC(=O)CN(C)c2ccc(C#N)cn2)cc1. The predicted molar refractivity (Wildman–Crippen MR) is 96.5 cm³/mol. The number of ether oxygens (including phenoxy) is 1. The number of carbonyl (C=O) groups excluding carboxylic acids is 1. The van der Waals surface area contributed by atoms with Crippen LogP contribution in [0.15, 0.2) is 42.6 Å². The predicted octanol–water partition coefficient (Wildman–Crippen LogP) is 2.28. The molecule has 6 heteroatoms. The Bertz CT molecular complexity index is 736. The van der Waals surface area contributed by atoms with Gasteiger partial charge in [-0.2, -0.15) is 5.26 Å². The Morgan fingerprint density at radius 2 is 2.04 bits per heavy atom. The van der Waals surface area contributed by atoms with Gasteiger partial charge in [-0.25, -0.2) is 4.98 Å². The number of rotatable bonds is 7. The summed E-state index contributed by atoms with van der Waals surface area (Å²) in [5, 5.41) is 11.7. The largest absolute Gasteiger partial charge is 0.491 e.